The normalized spacial score (nSPS) is 12.7. The predicted molar refractivity (Wildman–Crippen MR) is 75.1 cm³/mol. The summed E-state index contributed by atoms with van der Waals surface area (Å²) >= 11 is 2.03. The molecule has 1 N–H and O–H groups in total. The van der Waals surface area contributed by atoms with Gasteiger partial charge in [-0.05, 0) is 25.5 Å². The third kappa shape index (κ3) is 5.57. The van der Waals surface area contributed by atoms with E-state index in [9.17, 15) is 0 Å². The zero-order chi connectivity index (χ0) is 11.8. The molecule has 1 nitrogen and oxygen atoms in total. The van der Waals surface area contributed by atoms with Crippen LogP contribution in [0.25, 0.3) is 0 Å². The molecule has 0 radical (unpaired) electrons. The van der Waals surface area contributed by atoms with Gasteiger partial charge in [0, 0.05) is 17.5 Å². The van der Waals surface area contributed by atoms with Crippen LogP contribution in [0, 0.1) is 6.92 Å². The summed E-state index contributed by atoms with van der Waals surface area (Å²) in [5.41, 5.74) is 2.79. The minimum absolute atomic E-state index is 0.687. The summed E-state index contributed by atoms with van der Waals surface area (Å²) in [6.45, 7) is 8.90. The van der Waals surface area contributed by atoms with Crippen molar-refractivity contribution in [3.05, 3.63) is 35.4 Å². The Hall–Kier alpha value is -0.470. The molecule has 16 heavy (non-hydrogen) atoms. The summed E-state index contributed by atoms with van der Waals surface area (Å²) in [6.07, 6.45) is 1.22. The molecule has 0 spiro atoms. The molecule has 0 aromatic heterocycles. The lowest BCUT2D eigenvalue weighted by molar-refractivity contribution is 0.669. The third-order valence-electron chi connectivity index (χ3n) is 2.48. The van der Waals surface area contributed by atoms with Crippen molar-refractivity contribution in [3.8, 4) is 0 Å². The van der Waals surface area contributed by atoms with Gasteiger partial charge in [-0.2, -0.15) is 11.8 Å². The van der Waals surface area contributed by atoms with E-state index in [1.165, 1.54) is 17.5 Å². The molecule has 0 fully saturated rings. The second kappa shape index (κ2) is 7.75. The van der Waals surface area contributed by atoms with E-state index in [1.807, 2.05) is 11.8 Å². The molecule has 1 unspecified atom stereocenters. The van der Waals surface area contributed by atoms with Crippen molar-refractivity contribution in [3.63, 3.8) is 0 Å². The van der Waals surface area contributed by atoms with Crippen LogP contribution in [0.15, 0.2) is 24.3 Å². The second-order valence-corrected chi connectivity index (χ2v) is 5.74. The second-order valence-electron chi connectivity index (χ2n) is 4.31. The van der Waals surface area contributed by atoms with Gasteiger partial charge in [0.2, 0.25) is 0 Å². The first-order valence-electron chi connectivity index (χ1n) is 6.10. The van der Waals surface area contributed by atoms with Crippen molar-refractivity contribution in [1.82, 2.24) is 5.32 Å². The van der Waals surface area contributed by atoms with E-state index in [1.54, 1.807) is 0 Å². The van der Waals surface area contributed by atoms with Crippen LogP contribution in [0.5, 0.6) is 0 Å². The Balaban J connectivity index is 2.23. The number of thioether (sulfide) groups is 1. The van der Waals surface area contributed by atoms with Gasteiger partial charge in [0.25, 0.3) is 0 Å². The summed E-state index contributed by atoms with van der Waals surface area (Å²) in [5, 5.41) is 4.15. The highest BCUT2D eigenvalue weighted by atomic mass is 32.2. The van der Waals surface area contributed by atoms with Gasteiger partial charge in [0.05, 0.1) is 0 Å². The molecule has 2 heteroatoms. The first kappa shape index (κ1) is 13.6. The number of hydrogen-bond acceptors (Lipinski definition) is 2. The van der Waals surface area contributed by atoms with Crippen LogP contribution in [0.3, 0.4) is 0 Å². The van der Waals surface area contributed by atoms with Crippen LogP contribution in [0.2, 0.25) is 0 Å². The quantitative estimate of drug-likeness (QED) is 0.727. The smallest absolute Gasteiger partial charge is 0.0187 e. The first-order valence-corrected chi connectivity index (χ1v) is 7.15. The van der Waals surface area contributed by atoms with Crippen LogP contribution in [-0.2, 0) is 5.75 Å². The van der Waals surface area contributed by atoms with E-state index in [0.29, 0.717) is 5.25 Å². The van der Waals surface area contributed by atoms with Crippen molar-refractivity contribution >= 4 is 11.8 Å². The molecule has 0 saturated carbocycles. The minimum atomic E-state index is 0.687. The highest BCUT2D eigenvalue weighted by molar-refractivity contribution is 7.99. The maximum absolute atomic E-state index is 3.46. The van der Waals surface area contributed by atoms with E-state index >= 15 is 0 Å². The number of aryl methyl sites for hydroxylation is 1. The average molecular weight is 237 g/mol. The van der Waals surface area contributed by atoms with E-state index in [4.69, 9.17) is 0 Å². The highest BCUT2D eigenvalue weighted by Gasteiger charge is 2.02. The number of nitrogens with one attached hydrogen (secondary N) is 1. The summed E-state index contributed by atoms with van der Waals surface area (Å²) in [4.78, 5) is 0. The zero-order valence-electron chi connectivity index (χ0n) is 10.6. The molecule has 0 aliphatic rings. The standard InChI is InChI=1S/C14H23NS/c1-4-8-15-10-13(3)16-11-14-7-5-6-12(2)9-14/h5-7,9,13,15H,4,8,10-11H2,1-3H3. The third-order valence-corrected chi connectivity index (χ3v) is 3.71. The Morgan fingerprint density at radius 1 is 1.38 bits per heavy atom. The van der Waals surface area contributed by atoms with Crippen molar-refractivity contribution in [1.29, 1.82) is 0 Å². The van der Waals surface area contributed by atoms with Crippen molar-refractivity contribution in [2.24, 2.45) is 0 Å². The van der Waals surface area contributed by atoms with E-state index in [0.717, 1.165) is 18.8 Å². The van der Waals surface area contributed by atoms with Crippen molar-refractivity contribution in [2.45, 2.75) is 38.2 Å². The number of hydrogen-bond donors (Lipinski definition) is 1. The molecule has 0 aliphatic carbocycles. The maximum Gasteiger partial charge on any atom is 0.0187 e. The molecule has 0 amide bonds. The van der Waals surface area contributed by atoms with Crippen LogP contribution in [0.1, 0.15) is 31.4 Å². The molecule has 90 valence electrons. The van der Waals surface area contributed by atoms with Crippen LogP contribution < -0.4 is 5.32 Å². The molecule has 0 bridgehead atoms. The van der Waals surface area contributed by atoms with Crippen LogP contribution >= 0.6 is 11.8 Å². The molecular weight excluding hydrogens is 214 g/mol. The lowest BCUT2D eigenvalue weighted by Gasteiger charge is -2.12. The van der Waals surface area contributed by atoms with E-state index < -0.39 is 0 Å². The van der Waals surface area contributed by atoms with Crippen molar-refractivity contribution in [2.75, 3.05) is 13.1 Å². The molecule has 1 aromatic carbocycles. The lowest BCUT2D eigenvalue weighted by atomic mass is 10.2. The topological polar surface area (TPSA) is 12.0 Å². The molecular formula is C14H23NS. The van der Waals surface area contributed by atoms with Crippen molar-refractivity contribution < 1.29 is 0 Å². The molecule has 1 rings (SSSR count). The van der Waals surface area contributed by atoms with Gasteiger partial charge in [0.15, 0.2) is 0 Å². The van der Waals surface area contributed by atoms with E-state index in [-0.39, 0.29) is 0 Å². The predicted octanol–water partition coefficient (Wildman–Crippen LogP) is 3.62. The Morgan fingerprint density at radius 2 is 2.19 bits per heavy atom. The van der Waals surface area contributed by atoms with E-state index in [2.05, 4.69) is 50.4 Å². The van der Waals surface area contributed by atoms with Crippen LogP contribution in [0.4, 0.5) is 0 Å². The molecule has 0 heterocycles. The molecule has 0 aliphatic heterocycles. The van der Waals surface area contributed by atoms with Gasteiger partial charge in [-0.1, -0.05) is 43.7 Å². The first-order chi connectivity index (χ1) is 7.72. The zero-order valence-corrected chi connectivity index (χ0v) is 11.4. The maximum atomic E-state index is 3.46. The summed E-state index contributed by atoms with van der Waals surface area (Å²) in [5.74, 6) is 1.12. The fourth-order valence-electron chi connectivity index (χ4n) is 1.58. The summed E-state index contributed by atoms with van der Waals surface area (Å²) in [7, 11) is 0. The van der Waals surface area contributed by atoms with Gasteiger partial charge in [-0.25, -0.2) is 0 Å². The molecule has 1 atom stereocenters. The highest BCUT2D eigenvalue weighted by Crippen LogP contribution is 2.17. The summed E-state index contributed by atoms with van der Waals surface area (Å²) < 4.78 is 0. The monoisotopic (exact) mass is 237 g/mol. The average Bonchev–Trinajstić information content (AvgIpc) is 2.27. The fraction of sp³-hybridized carbons (Fsp3) is 0.571. The number of rotatable bonds is 7. The molecule has 1 aromatic rings. The Labute approximate surface area is 104 Å². The Morgan fingerprint density at radius 3 is 2.88 bits per heavy atom. The fourth-order valence-corrected chi connectivity index (χ4v) is 2.47. The Kier molecular flexibility index (Phi) is 6.58. The molecule has 0 saturated heterocycles. The van der Waals surface area contributed by atoms with Crippen LogP contribution in [-0.4, -0.2) is 18.3 Å². The van der Waals surface area contributed by atoms with Gasteiger partial charge in [0.1, 0.15) is 0 Å². The summed E-state index contributed by atoms with van der Waals surface area (Å²) in [6, 6.07) is 8.79. The van der Waals surface area contributed by atoms with Gasteiger partial charge in [-0.15, -0.1) is 0 Å². The Bertz CT molecular complexity index is 299. The lowest BCUT2D eigenvalue weighted by Crippen LogP contribution is -2.23. The number of benzene rings is 1. The van der Waals surface area contributed by atoms with Gasteiger partial charge < -0.3 is 5.32 Å². The largest absolute Gasteiger partial charge is 0.316 e. The van der Waals surface area contributed by atoms with Gasteiger partial charge in [-0.3, -0.25) is 0 Å². The minimum Gasteiger partial charge on any atom is -0.316 e. The van der Waals surface area contributed by atoms with Gasteiger partial charge >= 0.3 is 0 Å². The SMILES string of the molecule is CCCNCC(C)SCc1cccc(C)c1.